The predicted molar refractivity (Wildman–Crippen MR) is 104 cm³/mol. The second kappa shape index (κ2) is 7.35. The molecule has 9 heteroatoms. The van der Waals surface area contributed by atoms with Gasteiger partial charge in [-0.2, -0.15) is 18.4 Å². The SMILES string of the molecule is CC1(C)C(O)N(c2ccc(C#N)c(C(F)(F)F)c2)C(=O)N1Cc1ccc(Br)cc1. The quantitative estimate of drug-likeness (QED) is 0.699. The van der Waals surface area contributed by atoms with Gasteiger partial charge in [-0.05, 0) is 49.7 Å². The maximum atomic E-state index is 13.3. The lowest BCUT2D eigenvalue weighted by Crippen LogP contribution is -2.46. The summed E-state index contributed by atoms with van der Waals surface area (Å²) in [5.41, 5.74) is -2.08. The molecule has 0 aliphatic carbocycles. The highest BCUT2D eigenvalue weighted by molar-refractivity contribution is 9.10. The number of carbonyl (C=O) groups excluding carboxylic acids is 1. The highest BCUT2D eigenvalue weighted by Gasteiger charge is 2.51. The second-order valence-electron chi connectivity index (χ2n) is 7.23. The van der Waals surface area contributed by atoms with Gasteiger partial charge >= 0.3 is 12.2 Å². The van der Waals surface area contributed by atoms with Crippen LogP contribution in [0.4, 0.5) is 23.7 Å². The van der Waals surface area contributed by atoms with Crippen LogP contribution in [0.1, 0.15) is 30.5 Å². The zero-order valence-electron chi connectivity index (χ0n) is 15.5. The van der Waals surface area contributed by atoms with Gasteiger partial charge in [0.05, 0.1) is 22.7 Å². The fourth-order valence-electron chi connectivity index (χ4n) is 3.25. The first-order valence-electron chi connectivity index (χ1n) is 8.61. The van der Waals surface area contributed by atoms with E-state index in [9.17, 15) is 23.1 Å². The normalized spacial score (nSPS) is 18.8. The van der Waals surface area contributed by atoms with Gasteiger partial charge in [0.25, 0.3) is 0 Å². The lowest BCUT2D eigenvalue weighted by Gasteiger charge is -2.32. The standard InChI is InChI=1S/C20H17BrF3N3O2/c1-19(2)17(28)27(15-8-5-13(10-25)16(9-15)20(22,23)24)18(29)26(19)11-12-3-6-14(21)7-4-12/h3-9,17,28H,11H2,1-2H3. The summed E-state index contributed by atoms with van der Waals surface area (Å²) in [5.74, 6) is 0. The van der Waals surface area contributed by atoms with Crippen molar-refractivity contribution in [2.24, 2.45) is 0 Å². The molecule has 1 unspecified atom stereocenters. The highest BCUT2D eigenvalue weighted by atomic mass is 79.9. The third kappa shape index (κ3) is 3.82. The molecular formula is C20H17BrF3N3O2. The molecule has 0 bridgehead atoms. The molecule has 1 N–H and O–H groups in total. The van der Waals surface area contributed by atoms with E-state index in [0.29, 0.717) is 0 Å². The van der Waals surface area contributed by atoms with Gasteiger partial charge in [0.1, 0.15) is 0 Å². The summed E-state index contributed by atoms with van der Waals surface area (Å²) in [5, 5.41) is 19.7. The van der Waals surface area contributed by atoms with Crippen LogP contribution >= 0.6 is 15.9 Å². The highest BCUT2D eigenvalue weighted by Crippen LogP contribution is 2.39. The Morgan fingerprint density at radius 1 is 1.21 bits per heavy atom. The number of hydrogen-bond donors (Lipinski definition) is 1. The number of benzene rings is 2. The number of urea groups is 1. The number of alkyl halides is 3. The van der Waals surface area contributed by atoms with Crippen LogP contribution in [0.2, 0.25) is 0 Å². The molecule has 1 atom stereocenters. The van der Waals surface area contributed by atoms with E-state index in [1.807, 2.05) is 24.3 Å². The molecule has 5 nitrogen and oxygen atoms in total. The molecule has 0 radical (unpaired) electrons. The van der Waals surface area contributed by atoms with Crippen molar-refractivity contribution in [1.82, 2.24) is 4.90 Å². The van der Waals surface area contributed by atoms with E-state index in [1.54, 1.807) is 13.8 Å². The predicted octanol–water partition coefficient (Wildman–Crippen LogP) is 4.88. The first-order valence-corrected chi connectivity index (χ1v) is 9.41. The molecule has 1 aliphatic heterocycles. The van der Waals surface area contributed by atoms with Crippen molar-refractivity contribution in [3.05, 3.63) is 63.6 Å². The van der Waals surface area contributed by atoms with Crippen LogP contribution in [-0.4, -0.2) is 27.8 Å². The zero-order chi connectivity index (χ0) is 21.6. The Bertz CT molecular complexity index is 984. The largest absolute Gasteiger partial charge is 0.417 e. The van der Waals surface area contributed by atoms with Gasteiger partial charge in [-0.15, -0.1) is 0 Å². The lowest BCUT2D eigenvalue weighted by atomic mass is 10.0. The molecule has 2 aromatic carbocycles. The van der Waals surface area contributed by atoms with Crippen LogP contribution in [0, 0.1) is 11.3 Å². The van der Waals surface area contributed by atoms with Crippen molar-refractivity contribution < 1.29 is 23.1 Å². The summed E-state index contributed by atoms with van der Waals surface area (Å²) in [6.07, 6.45) is -6.14. The molecule has 3 rings (SSSR count). The number of aliphatic hydroxyl groups excluding tert-OH is 1. The van der Waals surface area contributed by atoms with Gasteiger partial charge in [0, 0.05) is 16.7 Å². The molecule has 2 amide bonds. The number of carbonyl (C=O) groups is 1. The van der Waals surface area contributed by atoms with Crippen LogP contribution < -0.4 is 4.90 Å². The summed E-state index contributed by atoms with van der Waals surface area (Å²) in [6, 6.07) is 11.1. The van der Waals surface area contributed by atoms with Gasteiger partial charge < -0.3 is 10.0 Å². The molecule has 0 spiro atoms. The van der Waals surface area contributed by atoms with E-state index >= 15 is 0 Å². The number of anilines is 1. The van der Waals surface area contributed by atoms with Gasteiger partial charge in [-0.1, -0.05) is 28.1 Å². The van der Waals surface area contributed by atoms with E-state index < -0.39 is 35.1 Å². The van der Waals surface area contributed by atoms with Gasteiger partial charge in [0.15, 0.2) is 6.23 Å². The molecule has 1 aliphatic rings. The van der Waals surface area contributed by atoms with Gasteiger partial charge in [-0.3, -0.25) is 4.90 Å². The zero-order valence-corrected chi connectivity index (χ0v) is 17.1. The van der Waals surface area contributed by atoms with Gasteiger partial charge in [-0.25, -0.2) is 4.79 Å². The van der Waals surface area contributed by atoms with Crippen molar-refractivity contribution in [1.29, 1.82) is 5.26 Å². The summed E-state index contributed by atoms with van der Waals surface area (Å²) in [4.78, 5) is 15.4. The Morgan fingerprint density at radius 2 is 1.83 bits per heavy atom. The Kier molecular flexibility index (Phi) is 5.36. The van der Waals surface area contributed by atoms with E-state index in [4.69, 9.17) is 5.26 Å². The van der Waals surface area contributed by atoms with E-state index in [0.717, 1.165) is 27.1 Å². The molecule has 152 valence electrons. The number of nitrogens with zero attached hydrogens (tertiary/aromatic N) is 3. The van der Waals surface area contributed by atoms with Crippen molar-refractivity contribution in [2.75, 3.05) is 4.90 Å². The Morgan fingerprint density at radius 3 is 2.38 bits per heavy atom. The number of aliphatic hydroxyl groups is 1. The number of rotatable bonds is 3. The first kappa shape index (κ1) is 21.1. The minimum Gasteiger partial charge on any atom is -0.371 e. The van der Waals surface area contributed by atoms with Crippen molar-refractivity contribution >= 4 is 27.6 Å². The first-order chi connectivity index (χ1) is 13.5. The molecule has 1 saturated heterocycles. The summed E-state index contributed by atoms with van der Waals surface area (Å²) in [6.45, 7) is 3.46. The van der Waals surface area contributed by atoms with Crippen molar-refractivity contribution in [2.45, 2.75) is 38.3 Å². The smallest absolute Gasteiger partial charge is 0.371 e. The molecule has 0 saturated carbocycles. The summed E-state index contributed by atoms with van der Waals surface area (Å²) < 4.78 is 40.8. The van der Waals surface area contributed by atoms with Gasteiger partial charge in [0.2, 0.25) is 0 Å². The van der Waals surface area contributed by atoms with Crippen LogP contribution in [0.5, 0.6) is 0 Å². The fourth-order valence-corrected chi connectivity index (χ4v) is 3.51. The third-order valence-corrected chi connectivity index (χ3v) is 5.50. The van der Waals surface area contributed by atoms with Crippen LogP contribution in [0.3, 0.4) is 0 Å². The van der Waals surface area contributed by atoms with Crippen LogP contribution in [0.25, 0.3) is 0 Å². The number of amides is 2. The van der Waals surface area contributed by atoms with E-state index in [1.165, 1.54) is 17.0 Å². The molecule has 0 aromatic heterocycles. The third-order valence-electron chi connectivity index (χ3n) is 4.97. The van der Waals surface area contributed by atoms with Crippen LogP contribution in [0.15, 0.2) is 46.9 Å². The number of halogens is 4. The summed E-state index contributed by atoms with van der Waals surface area (Å²) in [7, 11) is 0. The Labute approximate surface area is 174 Å². The maximum Gasteiger partial charge on any atom is 0.417 e. The Balaban J connectivity index is 2.00. The maximum absolute atomic E-state index is 13.3. The van der Waals surface area contributed by atoms with Crippen LogP contribution in [-0.2, 0) is 12.7 Å². The Hall–Kier alpha value is -2.57. The fraction of sp³-hybridized carbons (Fsp3) is 0.300. The lowest BCUT2D eigenvalue weighted by molar-refractivity contribution is -0.137. The average Bonchev–Trinajstić information content (AvgIpc) is 2.82. The number of nitriles is 1. The molecular weight excluding hydrogens is 451 g/mol. The summed E-state index contributed by atoms with van der Waals surface area (Å²) >= 11 is 3.33. The molecule has 2 aromatic rings. The molecule has 1 heterocycles. The molecule has 1 fully saturated rings. The molecule has 29 heavy (non-hydrogen) atoms. The average molecular weight is 468 g/mol. The van der Waals surface area contributed by atoms with Crippen molar-refractivity contribution in [3.63, 3.8) is 0 Å². The monoisotopic (exact) mass is 467 g/mol. The second-order valence-corrected chi connectivity index (χ2v) is 8.15. The minimum absolute atomic E-state index is 0.125. The minimum atomic E-state index is -4.76. The van der Waals surface area contributed by atoms with E-state index in [-0.39, 0.29) is 12.2 Å². The van der Waals surface area contributed by atoms with Crippen molar-refractivity contribution in [3.8, 4) is 6.07 Å². The number of hydrogen-bond acceptors (Lipinski definition) is 3. The van der Waals surface area contributed by atoms with E-state index in [2.05, 4.69) is 15.9 Å². The topological polar surface area (TPSA) is 67.6 Å².